The number of hydrogen-bond donors (Lipinski definition) is 1. The molecule has 1 aliphatic heterocycles. The number of nitrogens with zero attached hydrogens (tertiary/aromatic N) is 5. The fraction of sp³-hybridized carbons (Fsp3) is 0.500. The van der Waals surface area contributed by atoms with Crippen LogP contribution in [-0.2, 0) is 13.0 Å². The van der Waals surface area contributed by atoms with Gasteiger partial charge in [0.15, 0.2) is 0 Å². The lowest BCUT2D eigenvalue weighted by atomic mass is 10.0. The maximum absolute atomic E-state index is 13.6. The first-order valence-corrected chi connectivity index (χ1v) is 10.7. The number of hydrogen-bond acceptors (Lipinski definition) is 7. The van der Waals surface area contributed by atoms with Crippen molar-refractivity contribution in [1.29, 1.82) is 0 Å². The number of carbonyl (C=O) groups is 1. The van der Waals surface area contributed by atoms with Crippen LogP contribution in [0, 0.1) is 6.92 Å². The Balaban J connectivity index is 1.33. The highest BCUT2D eigenvalue weighted by molar-refractivity contribution is 6.10. The van der Waals surface area contributed by atoms with Crippen LogP contribution in [-0.4, -0.2) is 42.8 Å². The first-order chi connectivity index (χ1) is 14.5. The van der Waals surface area contributed by atoms with Gasteiger partial charge in [-0.05, 0) is 39.5 Å². The van der Waals surface area contributed by atoms with Crippen LogP contribution in [0.3, 0.4) is 0 Å². The largest absolute Gasteiger partial charge is 0.442 e. The van der Waals surface area contributed by atoms with Crippen LogP contribution in [0.25, 0.3) is 11.1 Å². The average Bonchev–Trinajstić information content (AvgIpc) is 3.66. The molecule has 8 nitrogen and oxygen atoms in total. The third kappa shape index (κ3) is 2.93. The van der Waals surface area contributed by atoms with Crippen molar-refractivity contribution in [3.63, 3.8) is 0 Å². The van der Waals surface area contributed by atoms with Gasteiger partial charge in [-0.25, -0.2) is 19.9 Å². The Kier molecular flexibility index (Phi) is 3.70. The molecule has 30 heavy (non-hydrogen) atoms. The summed E-state index contributed by atoms with van der Waals surface area (Å²) in [6, 6.07) is 0. The van der Waals surface area contributed by atoms with E-state index in [-0.39, 0.29) is 11.4 Å². The van der Waals surface area contributed by atoms with Crippen molar-refractivity contribution in [2.75, 3.05) is 11.9 Å². The predicted molar refractivity (Wildman–Crippen MR) is 110 cm³/mol. The molecular weight excluding hydrogens is 380 g/mol. The molecule has 0 bridgehead atoms. The quantitative estimate of drug-likeness (QED) is 0.712. The normalized spacial score (nSPS) is 19.6. The van der Waals surface area contributed by atoms with Crippen molar-refractivity contribution in [3.8, 4) is 0 Å². The van der Waals surface area contributed by atoms with Crippen LogP contribution in [0.5, 0.6) is 0 Å². The molecule has 0 spiro atoms. The highest BCUT2D eigenvalue weighted by Crippen LogP contribution is 2.41. The minimum absolute atomic E-state index is 0.0352. The summed E-state index contributed by atoms with van der Waals surface area (Å²) < 4.78 is 5.84. The molecular formula is C22H24N6O2. The SMILES string of the molecule is Cc1oc2ncnc(NC3(C)CC3)c2c1C(=O)N1CCc2nc(C3CC3)ncc2C1. The van der Waals surface area contributed by atoms with Gasteiger partial charge in [0, 0.05) is 42.7 Å². The molecule has 1 N–H and O–H groups in total. The van der Waals surface area contributed by atoms with E-state index < -0.39 is 0 Å². The Bertz CT molecular complexity index is 1180. The number of furan rings is 1. The second-order valence-electron chi connectivity index (χ2n) is 9.07. The summed E-state index contributed by atoms with van der Waals surface area (Å²) in [7, 11) is 0. The van der Waals surface area contributed by atoms with E-state index >= 15 is 0 Å². The lowest BCUT2D eigenvalue weighted by Gasteiger charge is -2.28. The van der Waals surface area contributed by atoms with Gasteiger partial charge in [-0.2, -0.15) is 0 Å². The number of nitrogens with one attached hydrogen (secondary N) is 1. The standard InChI is InChI=1S/C22H24N6O2/c1-12-16(17-19(27-22(2)6-7-22)24-11-25-20(17)30-12)21(29)28-8-5-15-14(10-28)9-23-18(26-15)13-3-4-13/h9,11,13H,3-8,10H2,1-2H3,(H,24,25,27). The molecule has 4 heterocycles. The van der Waals surface area contributed by atoms with Gasteiger partial charge in [-0.3, -0.25) is 4.79 Å². The smallest absolute Gasteiger partial charge is 0.258 e. The summed E-state index contributed by atoms with van der Waals surface area (Å²) in [4.78, 5) is 33.4. The number of carbonyl (C=O) groups excluding carboxylic acids is 1. The van der Waals surface area contributed by atoms with Gasteiger partial charge < -0.3 is 14.6 Å². The molecule has 0 radical (unpaired) electrons. The third-order valence-electron chi connectivity index (χ3n) is 6.48. The molecule has 2 saturated carbocycles. The summed E-state index contributed by atoms with van der Waals surface area (Å²) in [5.74, 6) is 2.70. The maximum atomic E-state index is 13.6. The molecule has 2 fully saturated rings. The van der Waals surface area contributed by atoms with E-state index in [9.17, 15) is 4.79 Å². The van der Waals surface area contributed by atoms with E-state index in [1.54, 1.807) is 0 Å². The van der Waals surface area contributed by atoms with Gasteiger partial charge in [-0.15, -0.1) is 0 Å². The molecule has 6 rings (SSSR count). The zero-order chi connectivity index (χ0) is 20.5. The van der Waals surface area contributed by atoms with Gasteiger partial charge in [-0.1, -0.05) is 0 Å². The number of fused-ring (bicyclic) bond motifs is 2. The van der Waals surface area contributed by atoms with Crippen molar-refractivity contribution in [3.05, 3.63) is 40.9 Å². The van der Waals surface area contributed by atoms with Gasteiger partial charge in [0.2, 0.25) is 5.71 Å². The molecule has 3 aromatic rings. The van der Waals surface area contributed by atoms with Crippen LogP contribution >= 0.6 is 0 Å². The highest BCUT2D eigenvalue weighted by Gasteiger charge is 2.39. The molecule has 0 aromatic carbocycles. The summed E-state index contributed by atoms with van der Waals surface area (Å²) >= 11 is 0. The maximum Gasteiger partial charge on any atom is 0.258 e. The molecule has 1 amide bonds. The molecule has 3 aliphatic rings. The van der Waals surface area contributed by atoms with Crippen molar-refractivity contribution in [2.45, 2.75) is 64.0 Å². The van der Waals surface area contributed by atoms with Gasteiger partial charge >= 0.3 is 0 Å². The molecule has 8 heteroatoms. The molecule has 2 aliphatic carbocycles. The monoisotopic (exact) mass is 404 g/mol. The first kappa shape index (κ1) is 17.8. The summed E-state index contributed by atoms with van der Waals surface area (Å²) in [6.07, 6.45) is 8.69. The fourth-order valence-electron chi connectivity index (χ4n) is 4.20. The van der Waals surface area contributed by atoms with Gasteiger partial charge in [0.25, 0.3) is 5.91 Å². The van der Waals surface area contributed by atoms with Crippen molar-refractivity contribution >= 4 is 22.8 Å². The van der Waals surface area contributed by atoms with Crippen molar-refractivity contribution in [2.24, 2.45) is 0 Å². The van der Waals surface area contributed by atoms with Gasteiger partial charge in [0.1, 0.15) is 23.7 Å². The lowest BCUT2D eigenvalue weighted by Crippen LogP contribution is -2.37. The van der Waals surface area contributed by atoms with E-state index in [0.717, 1.165) is 36.3 Å². The zero-order valence-electron chi connectivity index (χ0n) is 17.2. The second-order valence-corrected chi connectivity index (χ2v) is 9.07. The Morgan fingerprint density at radius 1 is 1.27 bits per heavy atom. The van der Waals surface area contributed by atoms with E-state index in [0.29, 0.717) is 47.2 Å². The van der Waals surface area contributed by atoms with E-state index in [1.165, 1.54) is 19.2 Å². The number of aryl methyl sites for hydroxylation is 1. The minimum atomic E-state index is -0.0537. The molecule has 0 unspecified atom stereocenters. The Labute approximate surface area is 174 Å². The van der Waals surface area contributed by atoms with Crippen LogP contribution in [0.4, 0.5) is 5.82 Å². The number of anilines is 1. The molecule has 154 valence electrons. The topological polar surface area (TPSA) is 97.0 Å². The highest BCUT2D eigenvalue weighted by atomic mass is 16.3. The van der Waals surface area contributed by atoms with Crippen molar-refractivity contribution in [1.82, 2.24) is 24.8 Å². The van der Waals surface area contributed by atoms with Crippen LogP contribution in [0.15, 0.2) is 16.9 Å². The average molecular weight is 404 g/mol. The first-order valence-electron chi connectivity index (χ1n) is 10.7. The molecule has 0 saturated heterocycles. The summed E-state index contributed by atoms with van der Waals surface area (Å²) in [5, 5.41) is 4.16. The minimum Gasteiger partial charge on any atom is -0.442 e. The van der Waals surface area contributed by atoms with E-state index in [2.05, 4.69) is 27.2 Å². The second kappa shape index (κ2) is 6.23. The number of amides is 1. The summed E-state index contributed by atoms with van der Waals surface area (Å²) in [6.45, 7) is 5.12. The van der Waals surface area contributed by atoms with Gasteiger partial charge in [0.05, 0.1) is 16.6 Å². The zero-order valence-corrected chi connectivity index (χ0v) is 17.2. The lowest BCUT2D eigenvalue weighted by molar-refractivity contribution is 0.0733. The fourth-order valence-corrected chi connectivity index (χ4v) is 4.20. The summed E-state index contributed by atoms with van der Waals surface area (Å²) in [5.41, 5.74) is 3.15. The Morgan fingerprint density at radius 2 is 2.10 bits per heavy atom. The molecule has 3 aromatic heterocycles. The Morgan fingerprint density at radius 3 is 2.87 bits per heavy atom. The van der Waals surface area contributed by atoms with Crippen LogP contribution in [0.2, 0.25) is 0 Å². The number of aromatic nitrogens is 4. The van der Waals surface area contributed by atoms with E-state index in [1.807, 2.05) is 18.0 Å². The van der Waals surface area contributed by atoms with Crippen LogP contribution in [0.1, 0.15) is 71.7 Å². The predicted octanol–water partition coefficient (Wildman–Crippen LogP) is 3.36. The van der Waals surface area contributed by atoms with Crippen molar-refractivity contribution < 1.29 is 9.21 Å². The van der Waals surface area contributed by atoms with E-state index in [4.69, 9.17) is 9.40 Å². The number of rotatable bonds is 4. The Hall–Kier alpha value is -3.03. The third-order valence-corrected chi connectivity index (χ3v) is 6.48. The molecule has 0 atom stereocenters. The van der Waals surface area contributed by atoms with Crippen LogP contribution < -0.4 is 5.32 Å².